The average molecular weight is 505 g/mol. The summed E-state index contributed by atoms with van der Waals surface area (Å²) < 4.78 is 12.7. The van der Waals surface area contributed by atoms with Gasteiger partial charge in [-0.2, -0.15) is 0 Å². The second-order valence-electron chi connectivity index (χ2n) is 6.59. The molecule has 158 valence electrons. The summed E-state index contributed by atoms with van der Waals surface area (Å²) in [5.74, 6) is 3.48. The number of nitrogens with one attached hydrogen (secondary N) is 2. The van der Waals surface area contributed by atoms with Crippen molar-refractivity contribution in [1.29, 1.82) is 0 Å². The van der Waals surface area contributed by atoms with Crippen LogP contribution >= 0.6 is 24.0 Å². The molecular weight excluding hydrogens is 473 g/mol. The van der Waals surface area contributed by atoms with E-state index in [0.717, 1.165) is 49.3 Å². The maximum atomic E-state index is 5.38. The van der Waals surface area contributed by atoms with Crippen LogP contribution in [0, 0.1) is 6.92 Å². The number of aryl methyl sites for hydroxylation is 1. The van der Waals surface area contributed by atoms with Crippen molar-refractivity contribution >= 4 is 29.9 Å². The first-order valence-electron chi connectivity index (χ1n) is 9.41. The monoisotopic (exact) mass is 505 g/mol. The molecule has 2 heterocycles. The summed E-state index contributed by atoms with van der Waals surface area (Å²) >= 11 is 0. The van der Waals surface area contributed by atoms with Gasteiger partial charge in [-0.15, -0.1) is 34.2 Å². The smallest absolute Gasteiger partial charge is 0.192 e. The van der Waals surface area contributed by atoms with Gasteiger partial charge < -0.3 is 24.5 Å². The molecule has 0 atom stereocenters. The Kier molecular flexibility index (Phi) is 11.0. The second-order valence-corrected chi connectivity index (χ2v) is 6.59. The van der Waals surface area contributed by atoms with Gasteiger partial charge in [-0.1, -0.05) is 19.0 Å². The maximum Gasteiger partial charge on any atom is 0.192 e. The number of rotatable bonds is 10. The summed E-state index contributed by atoms with van der Waals surface area (Å²) in [6, 6.07) is 1.97. The number of aromatic nitrogens is 4. The molecule has 0 fully saturated rings. The molecule has 0 aliphatic heterocycles. The Bertz CT molecular complexity index is 727. The van der Waals surface area contributed by atoms with Gasteiger partial charge in [-0.05, 0) is 26.2 Å². The Morgan fingerprint density at radius 3 is 2.71 bits per heavy atom. The molecule has 2 rings (SSSR count). The van der Waals surface area contributed by atoms with E-state index in [9.17, 15) is 0 Å². The van der Waals surface area contributed by atoms with E-state index in [-0.39, 0.29) is 24.0 Å². The highest BCUT2D eigenvalue weighted by molar-refractivity contribution is 14.0. The lowest BCUT2D eigenvalue weighted by atomic mass is 10.1. The molecule has 2 aromatic heterocycles. The van der Waals surface area contributed by atoms with E-state index < -0.39 is 0 Å². The Balaban J connectivity index is 0.00000392. The largest absolute Gasteiger partial charge is 0.382 e. The minimum Gasteiger partial charge on any atom is -0.382 e. The number of hydrogen-bond acceptors (Lipinski definition) is 6. The summed E-state index contributed by atoms with van der Waals surface area (Å²) in [7, 11) is 1.94. The highest BCUT2D eigenvalue weighted by Crippen LogP contribution is 2.13. The minimum absolute atomic E-state index is 0. The second kappa shape index (κ2) is 12.7. The van der Waals surface area contributed by atoms with Crippen LogP contribution in [0.1, 0.15) is 56.2 Å². The van der Waals surface area contributed by atoms with Crippen LogP contribution in [-0.2, 0) is 24.9 Å². The molecule has 10 heteroatoms. The molecule has 0 spiro atoms. The van der Waals surface area contributed by atoms with Crippen molar-refractivity contribution in [2.45, 2.75) is 53.1 Å². The van der Waals surface area contributed by atoms with E-state index >= 15 is 0 Å². The lowest BCUT2D eigenvalue weighted by Gasteiger charge is -2.11. The molecule has 28 heavy (non-hydrogen) atoms. The molecule has 0 unspecified atom stereocenters. The normalized spacial score (nSPS) is 11.6. The molecular formula is C18H32IN7O2. The molecule has 0 radical (unpaired) electrons. The van der Waals surface area contributed by atoms with E-state index in [1.54, 1.807) is 0 Å². The van der Waals surface area contributed by atoms with Crippen LogP contribution < -0.4 is 10.6 Å². The van der Waals surface area contributed by atoms with Gasteiger partial charge in [0.25, 0.3) is 0 Å². The summed E-state index contributed by atoms with van der Waals surface area (Å²) in [5, 5.41) is 18.9. The van der Waals surface area contributed by atoms with Crippen molar-refractivity contribution in [3.63, 3.8) is 0 Å². The van der Waals surface area contributed by atoms with Crippen molar-refractivity contribution in [2.75, 3.05) is 19.8 Å². The van der Waals surface area contributed by atoms with Crippen LogP contribution in [0.3, 0.4) is 0 Å². The van der Waals surface area contributed by atoms with Crippen molar-refractivity contribution in [2.24, 2.45) is 12.0 Å². The molecule has 0 aliphatic rings. The fourth-order valence-electron chi connectivity index (χ4n) is 2.29. The summed E-state index contributed by atoms with van der Waals surface area (Å²) in [6.07, 6.45) is 0.900. The predicted molar refractivity (Wildman–Crippen MR) is 119 cm³/mol. The van der Waals surface area contributed by atoms with Crippen molar-refractivity contribution < 1.29 is 9.26 Å². The van der Waals surface area contributed by atoms with Crippen LogP contribution in [0.25, 0.3) is 0 Å². The van der Waals surface area contributed by atoms with Gasteiger partial charge in [0.1, 0.15) is 12.4 Å². The Labute approximate surface area is 183 Å². The lowest BCUT2D eigenvalue weighted by Crippen LogP contribution is -2.37. The average Bonchev–Trinajstić information content (AvgIpc) is 3.25. The van der Waals surface area contributed by atoms with Crippen molar-refractivity contribution in [3.8, 4) is 0 Å². The van der Waals surface area contributed by atoms with Crippen LogP contribution in [0.5, 0.6) is 0 Å². The molecule has 2 aromatic rings. The number of aliphatic imine (C=N–C) groups is 1. The summed E-state index contributed by atoms with van der Waals surface area (Å²) in [6.45, 7) is 11.2. The molecule has 0 amide bonds. The van der Waals surface area contributed by atoms with Crippen LogP contribution in [0.2, 0.25) is 0 Å². The predicted octanol–water partition coefficient (Wildman–Crippen LogP) is 2.51. The maximum absolute atomic E-state index is 5.38. The lowest BCUT2D eigenvalue weighted by molar-refractivity contribution is 0.145. The molecule has 0 aromatic carbocycles. The van der Waals surface area contributed by atoms with Gasteiger partial charge in [-0.3, -0.25) is 0 Å². The molecule has 0 saturated heterocycles. The standard InChI is InChI=1S/C18H31N7O2.HI/c1-6-26-9-7-8-19-18(21-12-17-23-22-14(4)25(17)5)20-11-15-10-16(13(2)3)24-27-15;/h10,13H,6-9,11-12H2,1-5H3,(H2,19,20,21);1H. The molecule has 0 bridgehead atoms. The highest BCUT2D eigenvalue weighted by atomic mass is 127. The Hall–Kier alpha value is -1.69. The van der Waals surface area contributed by atoms with Gasteiger partial charge in [0.05, 0.1) is 12.2 Å². The Morgan fingerprint density at radius 2 is 2.11 bits per heavy atom. The van der Waals surface area contributed by atoms with Crippen LogP contribution in [0.4, 0.5) is 0 Å². The van der Waals surface area contributed by atoms with E-state index in [2.05, 4.69) is 44.8 Å². The van der Waals surface area contributed by atoms with Gasteiger partial charge >= 0.3 is 0 Å². The van der Waals surface area contributed by atoms with Gasteiger partial charge in [0.2, 0.25) is 0 Å². The zero-order valence-corrected chi connectivity index (χ0v) is 19.7. The molecule has 9 nitrogen and oxygen atoms in total. The minimum atomic E-state index is 0. The Morgan fingerprint density at radius 1 is 1.32 bits per heavy atom. The van der Waals surface area contributed by atoms with Crippen molar-refractivity contribution in [3.05, 3.63) is 29.2 Å². The summed E-state index contributed by atoms with van der Waals surface area (Å²) in [5.41, 5.74) is 0.949. The van der Waals surface area contributed by atoms with Crippen molar-refractivity contribution in [1.82, 2.24) is 30.6 Å². The van der Waals surface area contributed by atoms with Gasteiger partial charge in [0, 0.05) is 32.9 Å². The van der Waals surface area contributed by atoms with Gasteiger partial charge in [0.15, 0.2) is 17.5 Å². The zero-order valence-electron chi connectivity index (χ0n) is 17.4. The van der Waals surface area contributed by atoms with Crippen LogP contribution in [0.15, 0.2) is 15.6 Å². The number of nitrogens with zero attached hydrogens (tertiary/aromatic N) is 5. The van der Waals surface area contributed by atoms with E-state index in [1.165, 1.54) is 0 Å². The number of halogens is 1. The number of guanidine groups is 1. The zero-order chi connectivity index (χ0) is 19.6. The third-order valence-electron chi connectivity index (χ3n) is 4.12. The number of hydrogen-bond donors (Lipinski definition) is 2. The van der Waals surface area contributed by atoms with E-state index in [0.29, 0.717) is 25.0 Å². The fourth-order valence-corrected chi connectivity index (χ4v) is 2.29. The van der Waals surface area contributed by atoms with E-state index in [1.807, 2.05) is 31.5 Å². The fraction of sp³-hybridized carbons (Fsp3) is 0.667. The first-order valence-corrected chi connectivity index (χ1v) is 9.41. The molecule has 0 aliphatic carbocycles. The topological polar surface area (TPSA) is 102 Å². The highest BCUT2D eigenvalue weighted by Gasteiger charge is 2.09. The number of ether oxygens (including phenoxy) is 1. The first-order chi connectivity index (χ1) is 13.0. The third-order valence-corrected chi connectivity index (χ3v) is 4.12. The van der Waals surface area contributed by atoms with Crippen LogP contribution in [-0.4, -0.2) is 45.6 Å². The SMILES string of the molecule is CCOCCCNC(=NCc1nnc(C)n1C)NCc1cc(C(C)C)no1.I. The van der Waals surface area contributed by atoms with Gasteiger partial charge in [-0.25, -0.2) is 4.99 Å². The summed E-state index contributed by atoms with van der Waals surface area (Å²) in [4.78, 5) is 4.61. The molecule has 0 saturated carbocycles. The van der Waals surface area contributed by atoms with E-state index in [4.69, 9.17) is 9.26 Å². The molecule has 2 N–H and O–H groups in total. The first kappa shape index (κ1) is 24.3. The third kappa shape index (κ3) is 7.74. The quantitative estimate of drug-likeness (QED) is 0.222.